The van der Waals surface area contributed by atoms with E-state index in [0.29, 0.717) is 18.8 Å². The summed E-state index contributed by atoms with van der Waals surface area (Å²) < 4.78 is 27.8. The van der Waals surface area contributed by atoms with Crippen molar-refractivity contribution in [2.24, 2.45) is 11.7 Å². The molecule has 2 fully saturated rings. The van der Waals surface area contributed by atoms with E-state index in [4.69, 9.17) is 5.73 Å². The number of carbonyl (C=O) groups is 2. The summed E-state index contributed by atoms with van der Waals surface area (Å²) in [6.45, 7) is 3.63. The minimum absolute atomic E-state index is 0.00545. The van der Waals surface area contributed by atoms with E-state index in [1.54, 1.807) is 18.2 Å². The van der Waals surface area contributed by atoms with E-state index < -0.39 is 15.9 Å². The van der Waals surface area contributed by atoms with Crippen LogP contribution in [0.5, 0.6) is 0 Å². The number of anilines is 1. The van der Waals surface area contributed by atoms with Crippen molar-refractivity contribution in [1.29, 1.82) is 0 Å². The summed E-state index contributed by atoms with van der Waals surface area (Å²) >= 11 is 0. The van der Waals surface area contributed by atoms with E-state index in [-0.39, 0.29) is 22.3 Å². The van der Waals surface area contributed by atoms with Crippen molar-refractivity contribution in [3.05, 3.63) is 59.7 Å². The Balaban J connectivity index is 1.36. The molecular weight excluding hydrogens is 464 g/mol. The Kier molecular flexibility index (Phi) is 8.20. The van der Waals surface area contributed by atoms with Crippen LogP contribution in [0.25, 0.3) is 0 Å². The summed E-state index contributed by atoms with van der Waals surface area (Å²) in [4.78, 5) is 26.7. The van der Waals surface area contributed by atoms with Gasteiger partial charge in [0.25, 0.3) is 5.91 Å². The smallest absolute Gasteiger partial charge is 0.257 e. The molecule has 2 aliphatic heterocycles. The van der Waals surface area contributed by atoms with Gasteiger partial charge in [0.2, 0.25) is 15.9 Å². The molecule has 0 saturated carbocycles. The molecule has 0 aromatic heterocycles. The van der Waals surface area contributed by atoms with Gasteiger partial charge in [-0.15, -0.1) is 0 Å². The molecule has 2 amide bonds. The second-order valence-corrected chi connectivity index (χ2v) is 11.3. The van der Waals surface area contributed by atoms with Crippen molar-refractivity contribution in [3.8, 4) is 0 Å². The van der Waals surface area contributed by atoms with Crippen LogP contribution in [0.15, 0.2) is 53.4 Å². The highest BCUT2D eigenvalue weighted by Gasteiger charge is 2.29. The molecule has 2 heterocycles. The molecule has 3 N–H and O–H groups in total. The molecule has 2 aromatic carbocycles. The van der Waals surface area contributed by atoms with Crippen LogP contribution in [0.4, 0.5) is 5.69 Å². The fraction of sp³-hybridized carbons (Fsp3) is 0.462. The van der Waals surface area contributed by atoms with Gasteiger partial charge in [-0.3, -0.25) is 9.59 Å². The number of amides is 2. The highest BCUT2D eigenvalue weighted by atomic mass is 32.2. The first-order valence-electron chi connectivity index (χ1n) is 12.4. The van der Waals surface area contributed by atoms with Gasteiger partial charge in [-0.2, -0.15) is 4.31 Å². The van der Waals surface area contributed by atoms with Gasteiger partial charge in [0.05, 0.1) is 10.5 Å². The summed E-state index contributed by atoms with van der Waals surface area (Å²) in [5.41, 5.74) is 7.33. The molecular formula is C26H34N4O4S. The van der Waals surface area contributed by atoms with Gasteiger partial charge in [-0.25, -0.2) is 8.42 Å². The Morgan fingerprint density at radius 1 is 0.914 bits per heavy atom. The number of sulfonamides is 1. The standard InChI is InChI=1S/C26H34N4O4S/c27-25(31)21-13-18-29(19-14-21)17-12-20-8-10-22(11-9-20)28-26(32)23-6-2-3-7-24(23)35(33,34)30-15-4-1-5-16-30/h2-3,6-11,21H,1,4-5,12-19H2,(H2,27,31)(H,28,32). The molecule has 0 spiro atoms. The van der Waals surface area contributed by atoms with E-state index in [2.05, 4.69) is 10.2 Å². The van der Waals surface area contributed by atoms with Crippen LogP contribution in [0, 0.1) is 5.92 Å². The second-order valence-electron chi connectivity index (χ2n) is 9.38. The number of nitrogens with one attached hydrogen (secondary N) is 1. The number of piperidine rings is 2. The van der Waals surface area contributed by atoms with Gasteiger partial charge in [0, 0.05) is 31.2 Å². The SMILES string of the molecule is NC(=O)C1CCN(CCc2ccc(NC(=O)c3ccccc3S(=O)(=O)N3CCCCC3)cc2)CC1. The molecule has 9 heteroatoms. The molecule has 188 valence electrons. The molecule has 0 atom stereocenters. The van der Waals surface area contributed by atoms with E-state index in [1.807, 2.05) is 24.3 Å². The van der Waals surface area contributed by atoms with Gasteiger partial charge in [-0.1, -0.05) is 30.7 Å². The van der Waals surface area contributed by atoms with E-state index in [1.165, 1.54) is 10.4 Å². The normalized spacial score (nSPS) is 18.3. The molecule has 35 heavy (non-hydrogen) atoms. The van der Waals surface area contributed by atoms with Gasteiger partial charge in [0.1, 0.15) is 0 Å². The quantitative estimate of drug-likeness (QED) is 0.581. The number of nitrogens with zero attached hydrogens (tertiary/aromatic N) is 2. The van der Waals surface area contributed by atoms with Crippen LogP contribution in [-0.4, -0.2) is 62.2 Å². The Morgan fingerprint density at radius 3 is 2.23 bits per heavy atom. The molecule has 2 aromatic rings. The average molecular weight is 499 g/mol. The lowest BCUT2D eigenvalue weighted by Crippen LogP contribution is -2.39. The third kappa shape index (κ3) is 6.28. The zero-order valence-corrected chi connectivity index (χ0v) is 20.8. The van der Waals surface area contributed by atoms with Crippen molar-refractivity contribution < 1.29 is 18.0 Å². The lowest BCUT2D eigenvalue weighted by atomic mass is 9.96. The fourth-order valence-corrected chi connectivity index (χ4v) is 6.51. The highest BCUT2D eigenvalue weighted by Crippen LogP contribution is 2.24. The number of carbonyl (C=O) groups excluding carboxylic acids is 2. The minimum atomic E-state index is -3.72. The summed E-state index contributed by atoms with van der Waals surface area (Å²) in [7, 11) is -3.72. The van der Waals surface area contributed by atoms with Gasteiger partial charge < -0.3 is 16.0 Å². The number of benzene rings is 2. The van der Waals surface area contributed by atoms with Crippen LogP contribution in [0.1, 0.15) is 48.0 Å². The zero-order valence-electron chi connectivity index (χ0n) is 20.0. The summed E-state index contributed by atoms with van der Waals surface area (Å²) in [6, 6.07) is 14.0. The molecule has 0 bridgehead atoms. The van der Waals surface area contributed by atoms with Crippen molar-refractivity contribution in [2.75, 3.05) is 38.0 Å². The number of likely N-dealkylation sites (tertiary alicyclic amines) is 1. The van der Waals surface area contributed by atoms with Crippen molar-refractivity contribution in [2.45, 2.75) is 43.4 Å². The molecule has 8 nitrogen and oxygen atoms in total. The Hall–Kier alpha value is -2.75. The van der Waals surface area contributed by atoms with Crippen LogP contribution < -0.4 is 11.1 Å². The van der Waals surface area contributed by atoms with Crippen molar-refractivity contribution >= 4 is 27.5 Å². The first-order valence-corrected chi connectivity index (χ1v) is 13.8. The predicted octanol–water partition coefficient (Wildman–Crippen LogP) is 2.85. The summed E-state index contributed by atoms with van der Waals surface area (Å²) in [6.07, 6.45) is 5.20. The van der Waals surface area contributed by atoms with Crippen molar-refractivity contribution in [3.63, 3.8) is 0 Å². The van der Waals surface area contributed by atoms with Gasteiger partial charge >= 0.3 is 0 Å². The maximum Gasteiger partial charge on any atom is 0.257 e. The predicted molar refractivity (Wildman–Crippen MR) is 136 cm³/mol. The monoisotopic (exact) mass is 498 g/mol. The lowest BCUT2D eigenvalue weighted by Gasteiger charge is -2.30. The fourth-order valence-electron chi connectivity index (χ4n) is 4.80. The van der Waals surface area contributed by atoms with Crippen LogP contribution in [-0.2, 0) is 21.2 Å². The Morgan fingerprint density at radius 2 is 1.57 bits per heavy atom. The molecule has 2 saturated heterocycles. The summed E-state index contributed by atoms with van der Waals surface area (Å²) in [5.74, 6) is -0.644. The molecule has 0 aliphatic carbocycles. The maximum atomic E-state index is 13.2. The molecule has 4 rings (SSSR count). The third-order valence-electron chi connectivity index (χ3n) is 6.98. The van der Waals surface area contributed by atoms with Crippen LogP contribution in [0.3, 0.4) is 0 Å². The number of rotatable bonds is 8. The first kappa shape index (κ1) is 25.3. The van der Waals surface area contributed by atoms with Crippen LogP contribution >= 0.6 is 0 Å². The third-order valence-corrected chi connectivity index (χ3v) is 8.94. The molecule has 2 aliphatic rings. The van der Waals surface area contributed by atoms with E-state index in [0.717, 1.165) is 63.7 Å². The Bertz CT molecular complexity index is 1140. The number of nitrogens with two attached hydrogens (primary N) is 1. The maximum absolute atomic E-state index is 13.2. The van der Waals surface area contributed by atoms with Crippen molar-refractivity contribution in [1.82, 2.24) is 9.21 Å². The highest BCUT2D eigenvalue weighted by molar-refractivity contribution is 7.89. The number of hydrogen-bond donors (Lipinski definition) is 2. The van der Waals surface area contributed by atoms with Crippen LogP contribution in [0.2, 0.25) is 0 Å². The minimum Gasteiger partial charge on any atom is -0.369 e. The number of primary amides is 1. The zero-order chi connectivity index (χ0) is 24.8. The van der Waals surface area contributed by atoms with E-state index in [9.17, 15) is 18.0 Å². The largest absolute Gasteiger partial charge is 0.369 e. The topological polar surface area (TPSA) is 113 Å². The first-order chi connectivity index (χ1) is 16.8. The molecule has 0 unspecified atom stereocenters. The average Bonchev–Trinajstić information content (AvgIpc) is 2.89. The number of hydrogen-bond acceptors (Lipinski definition) is 5. The summed E-state index contributed by atoms with van der Waals surface area (Å²) in [5, 5.41) is 2.85. The van der Waals surface area contributed by atoms with Gasteiger partial charge in [-0.05, 0) is 75.0 Å². The Labute approximate surface area is 207 Å². The lowest BCUT2D eigenvalue weighted by molar-refractivity contribution is -0.123. The van der Waals surface area contributed by atoms with Gasteiger partial charge in [0.15, 0.2) is 0 Å². The second kappa shape index (κ2) is 11.3. The van der Waals surface area contributed by atoms with E-state index >= 15 is 0 Å². The molecule has 0 radical (unpaired) electrons.